The Bertz CT molecular complexity index is 2020. The van der Waals surface area contributed by atoms with Crippen molar-refractivity contribution < 1.29 is 56.8 Å². The van der Waals surface area contributed by atoms with Crippen LogP contribution in [0.4, 0.5) is 14.4 Å². The second-order valence-electron chi connectivity index (χ2n) is 16.5. The number of hydrogen-bond donors (Lipinski definition) is 5. The first-order valence-corrected chi connectivity index (χ1v) is 24.5. The third-order valence-corrected chi connectivity index (χ3v) is 12.0. The van der Waals surface area contributed by atoms with Crippen LogP contribution in [-0.2, 0) is 57.4 Å². The summed E-state index contributed by atoms with van der Waals surface area (Å²) in [6.45, 7) is 13.3. The van der Waals surface area contributed by atoms with Gasteiger partial charge in [-0.2, -0.15) is 0 Å². The van der Waals surface area contributed by atoms with Crippen LogP contribution in [0.5, 0.6) is 5.75 Å². The van der Waals surface area contributed by atoms with Gasteiger partial charge >= 0.3 is 24.2 Å². The number of benzene rings is 3. The monoisotopic (exact) mass is 957 g/mol. The highest BCUT2D eigenvalue weighted by atomic mass is 32.2. The van der Waals surface area contributed by atoms with E-state index in [4.69, 9.17) is 24.7 Å². The number of nitrogens with one attached hydrogen (secondary N) is 4. The predicted octanol–water partition coefficient (Wildman–Crippen LogP) is 5.19. The number of alkyl carbamates (subject to hydrolysis) is 2. The van der Waals surface area contributed by atoms with Gasteiger partial charge in [-0.15, -0.1) is 11.8 Å². The predicted molar refractivity (Wildman–Crippen MR) is 249 cm³/mol. The van der Waals surface area contributed by atoms with E-state index in [0.29, 0.717) is 15.4 Å². The smallest absolute Gasteiger partial charge is 0.412 e. The summed E-state index contributed by atoms with van der Waals surface area (Å²) in [5.41, 5.74) is 6.29. The summed E-state index contributed by atoms with van der Waals surface area (Å²) in [6, 6.07) is 16.8. The summed E-state index contributed by atoms with van der Waals surface area (Å²) in [5, 5.41) is 9.80. The van der Waals surface area contributed by atoms with Crippen LogP contribution in [0, 0.1) is 0 Å². The summed E-state index contributed by atoms with van der Waals surface area (Å²) in [4.78, 5) is 78.7. The van der Waals surface area contributed by atoms with Crippen molar-refractivity contribution in [1.82, 2.24) is 21.3 Å². The number of amides is 5. The molecule has 65 heavy (non-hydrogen) atoms. The van der Waals surface area contributed by atoms with Gasteiger partial charge in [-0.05, 0) is 123 Å². The minimum atomic E-state index is -1.31. The van der Waals surface area contributed by atoms with Gasteiger partial charge in [0.15, 0.2) is 9.79 Å². The molecule has 0 aliphatic rings. The molecule has 0 aromatic heterocycles. The lowest BCUT2D eigenvalue weighted by molar-refractivity contribution is -0.144. The topological polar surface area (TPSA) is 260 Å². The Morgan fingerprint density at radius 1 is 0.723 bits per heavy atom. The number of thioether (sulfide) groups is 1. The van der Waals surface area contributed by atoms with E-state index in [2.05, 4.69) is 27.8 Å². The molecule has 0 saturated heterocycles. The highest BCUT2D eigenvalue weighted by molar-refractivity contribution is 7.99. The number of nitrogens with two attached hydrogens (primary N) is 1. The van der Waals surface area contributed by atoms with Gasteiger partial charge in [0.25, 0.3) is 0 Å². The third-order valence-electron chi connectivity index (χ3n) is 8.72. The highest BCUT2D eigenvalue weighted by Crippen LogP contribution is 2.37. The molecule has 0 bridgehead atoms. The van der Waals surface area contributed by atoms with E-state index in [1.165, 1.54) is 30.0 Å². The number of esters is 1. The molecule has 6 N–H and O–H groups in total. The summed E-state index contributed by atoms with van der Waals surface area (Å²) < 4.78 is 45.3. The Kier molecular flexibility index (Phi) is 21.0. The van der Waals surface area contributed by atoms with Gasteiger partial charge in [0.1, 0.15) is 54.2 Å². The van der Waals surface area contributed by atoms with Gasteiger partial charge in [0.05, 0.1) is 5.25 Å². The minimum absolute atomic E-state index is 0.00249. The number of rotatable bonds is 21. The molecule has 4 unspecified atom stereocenters. The molecular formula is C45H59N5O12S3. The molecule has 0 aliphatic heterocycles. The van der Waals surface area contributed by atoms with Gasteiger partial charge in [0.2, 0.25) is 11.8 Å². The van der Waals surface area contributed by atoms with Crippen molar-refractivity contribution in [3.8, 4) is 5.75 Å². The lowest BCUT2D eigenvalue weighted by Crippen LogP contribution is -2.55. The van der Waals surface area contributed by atoms with E-state index in [1.807, 2.05) is 24.3 Å². The summed E-state index contributed by atoms with van der Waals surface area (Å²) in [5.74, 6) is -2.20. The van der Waals surface area contributed by atoms with E-state index >= 15 is 0 Å². The molecule has 0 saturated carbocycles. The van der Waals surface area contributed by atoms with Crippen LogP contribution in [0.25, 0.3) is 0 Å². The molecule has 20 heteroatoms. The minimum Gasteiger partial charge on any atom is -0.612 e. The Labute approximate surface area is 390 Å². The molecule has 354 valence electrons. The maximum absolute atomic E-state index is 13.8. The summed E-state index contributed by atoms with van der Waals surface area (Å²) in [6.07, 6.45) is 1.78. The molecule has 3 rings (SSSR count). The Morgan fingerprint density at radius 2 is 1.22 bits per heavy atom. The number of carbonyl (C=O) groups excluding carboxylic acids is 6. The quantitative estimate of drug-likeness (QED) is 0.0399. The lowest BCUT2D eigenvalue weighted by atomic mass is 10.0. The molecule has 0 spiro atoms. The van der Waals surface area contributed by atoms with Crippen LogP contribution in [0.2, 0.25) is 0 Å². The SMILES string of the molecule is C=CCOC(=O)C(Cc1ccc(OC(=O)NCC[C@H](NC(=O)OC(C)(C)C)C(=O)NC(CSC(c2ccc([S+](C)[O-])cc2)c2ccc([S+](C)[O-])cc2)C(N)=O)cc1)NC(=O)OC(C)(C)C. The summed E-state index contributed by atoms with van der Waals surface area (Å²) in [7, 11) is 0. The van der Waals surface area contributed by atoms with Gasteiger partial charge in [-0.25, -0.2) is 19.2 Å². The fourth-order valence-corrected chi connectivity index (χ4v) is 8.08. The van der Waals surface area contributed by atoms with Crippen LogP contribution in [0.3, 0.4) is 0 Å². The largest absolute Gasteiger partial charge is 0.612 e. The van der Waals surface area contributed by atoms with E-state index in [9.17, 15) is 37.9 Å². The fraction of sp³-hybridized carbons (Fsp3) is 0.422. The lowest BCUT2D eigenvalue weighted by Gasteiger charge is -2.25. The van der Waals surface area contributed by atoms with Crippen molar-refractivity contribution in [2.24, 2.45) is 5.73 Å². The van der Waals surface area contributed by atoms with E-state index in [1.54, 1.807) is 90.5 Å². The van der Waals surface area contributed by atoms with Gasteiger partial charge in [-0.3, -0.25) is 9.59 Å². The summed E-state index contributed by atoms with van der Waals surface area (Å²) >= 11 is -1.12. The first-order valence-electron chi connectivity index (χ1n) is 20.3. The third kappa shape index (κ3) is 19.7. The zero-order valence-electron chi connectivity index (χ0n) is 37.8. The number of ether oxygens (including phenoxy) is 4. The van der Waals surface area contributed by atoms with Crippen LogP contribution in [0.15, 0.2) is 95.2 Å². The first kappa shape index (κ1) is 53.9. The molecule has 5 atom stereocenters. The second kappa shape index (κ2) is 25.3. The molecule has 17 nitrogen and oxygen atoms in total. The molecule has 3 aromatic carbocycles. The van der Waals surface area contributed by atoms with E-state index in [0.717, 1.165) is 11.1 Å². The molecule has 3 aromatic rings. The maximum atomic E-state index is 13.8. The van der Waals surface area contributed by atoms with Crippen molar-refractivity contribution in [2.75, 3.05) is 31.4 Å². The molecular weight excluding hydrogens is 899 g/mol. The number of hydrogen-bond acceptors (Lipinski definition) is 13. The molecule has 5 amide bonds. The van der Waals surface area contributed by atoms with Crippen molar-refractivity contribution in [1.29, 1.82) is 0 Å². The van der Waals surface area contributed by atoms with Crippen molar-refractivity contribution in [2.45, 2.75) is 98.8 Å². The zero-order chi connectivity index (χ0) is 48.5. The first-order chi connectivity index (χ1) is 30.4. The van der Waals surface area contributed by atoms with Crippen molar-refractivity contribution >= 4 is 70.2 Å². The van der Waals surface area contributed by atoms with Crippen LogP contribution >= 0.6 is 11.8 Å². The maximum Gasteiger partial charge on any atom is 0.412 e. The molecule has 0 fully saturated rings. The Morgan fingerprint density at radius 3 is 1.66 bits per heavy atom. The van der Waals surface area contributed by atoms with Gasteiger partial charge in [0, 0.05) is 18.7 Å². The second-order valence-corrected chi connectivity index (χ2v) is 20.4. The highest BCUT2D eigenvalue weighted by Gasteiger charge is 2.30. The molecule has 0 heterocycles. The van der Waals surface area contributed by atoms with Crippen LogP contribution in [0.1, 0.15) is 69.9 Å². The Hall–Kier alpha value is -5.41. The molecule has 0 radical (unpaired) electrons. The van der Waals surface area contributed by atoms with E-state index in [-0.39, 0.29) is 42.7 Å². The zero-order valence-corrected chi connectivity index (χ0v) is 40.2. The fourth-order valence-electron chi connectivity index (χ4n) is 5.71. The number of carbonyl (C=O) groups is 6. The van der Waals surface area contributed by atoms with Gasteiger partial charge < -0.3 is 55.1 Å². The Balaban J connectivity index is 1.70. The normalized spacial score (nSPS) is 14.2. The number of primary amides is 1. The van der Waals surface area contributed by atoms with E-state index < -0.39 is 87.7 Å². The van der Waals surface area contributed by atoms with Gasteiger partial charge in [-0.1, -0.05) is 49.1 Å². The van der Waals surface area contributed by atoms with Crippen molar-refractivity contribution in [3.05, 3.63) is 102 Å². The van der Waals surface area contributed by atoms with Crippen molar-refractivity contribution in [3.63, 3.8) is 0 Å². The average Bonchev–Trinajstić information content (AvgIpc) is 3.21. The molecule has 0 aliphatic carbocycles. The average molecular weight is 958 g/mol. The van der Waals surface area contributed by atoms with Crippen LogP contribution in [-0.4, -0.2) is 106 Å². The standard InChI is InChI=1S/C45H59N5O12S3/c1-10-25-59-40(53)35(50-43(56)62-45(5,6)7)26-28-11-17-31(18-12-28)60-41(54)47-24-23-34(49-42(55)61-44(2,3)4)39(52)48-36(38(46)51)27-63-37(29-13-19-32(20-14-29)64(8)57)30-15-21-33(22-16-30)65(9)58/h10-22,34-37H,1,23-27H2,2-9H3,(H2,46,51)(H,47,54)(H,48,52)(H,49,55)(H,50,56)/t34-,35?,36?,37?,64?,65?/m0/s1. The van der Waals surface area contributed by atoms with Crippen LogP contribution < -0.4 is 31.7 Å².